The Hall–Kier alpha value is -3.40. The molecule has 3 rings (SSSR count). The first-order chi connectivity index (χ1) is 16.9. The first-order valence-corrected chi connectivity index (χ1v) is 11.8. The SMILES string of the molecule is CCCC(C=O)n1ncc2c(OC(F)F)c(-c3ccc(C(C)(CN)C(=O)OC(C)(C)C)cn3)ccc21. The molecule has 2 unspecified atom stereocenters. The van der Waals surface area contributed by atoms with Crippen LogP contribution in [0.3, 0.4) is 0 Å². The highest BCUT2D eigenvalue weighted by atomic mass is 19.3. The minimum absolute atomic E-state index is 0.0104. The van der Waals surface area contributed by atoms with E-state index in [1.807, 2.05) is 6.92 Å². The van der Waals surface area contributed by atoms with Crippen molar-refractivity contribution in [1.82, 2.24) is 14.8 Å². The maximum atomic E-state index is 13.4. The van der Waals surface area contributed by atoms with Gasteiger partial charge in [-0.3, -0.25) is 14.5 Å². The molecule has 194 valence electrons. The van der Waals surface area contributed by atoms with Crippen molar-refractivity contribution in [2.75, 3.05) is 6.54 Å². The number of rotatable bonds is 10. The van der Waals surface area contributed by atoms with Gasteiger partial charge in [-0.2, -0.15) is 13.9 Å². The van der Waals surface area contributed by atoms with E-state index in [-0.39, 0.29) is 12.3 Å². The maximum absolute atomic E-state index is 13.4. The van der Waals surface area contributed by atoms with Crippen molar-refractivity contribution in [3.63, 3.8) is 0 Å². The van der Waals surface area contributed by atoms with E-state index < -0.39 is 29.6 Å². The predicted molar refractivity (Wildman–Crippen MR) is 132 cm³/mol. The van der Waals surface area contributed by atoms with Gasteiger partial charge in [0.05, 0.1) is 22.8 Å². The van der Waals surface area contributed by atoms with Gasteiger partial charge in [-0.15, -0.1) is 0 Å². The molecular formula is C26H32F2N4O4. The Labute approximate surface area is 208 Å². The van der Waals surface area contributed by atoms with Crippen LogP contribution in [-0.4, -0.2) is 45.8 Å². The highest BCUT2D eigenvalue weighted by Gasteiger charge is 2.38. The van der Waals surface area contributed by atoms with Crippen LogP contribution in [0.25, 0.3) is 22.2 Å². The van der Waals surface area contributed by atoms with Gasteiger partial charge in [-0.25, -0.2) is 0 Å². The van der Waals surface area contributed by atoms with Gasteiger partial charge in [0.1, 0.15) is 29.1 Å². The highest BCUT2D eigenvalue weighted by Crippen LogP contribution is 2.38. The van der Waals surface area contributed by atoms with Crippen molar-refractivity contribution < 1.29 is 27.8 Å². The van der Waals surface area contributed by atoms with Crippen LogP contribution in [0.4, 0.5) is 8.78 Å². The number of carbonyl (C=O) groups is 2. The van der Waals surface area contributed by atoms with Gasteiger partial charge in [0, 0.05) is 18.3 Å². The van der Waals surface area contributed by atoms with Crippen LogP contribution < -0.4 is 10.5 Å². The number of halogens is 2. The molecule has 8 nitrogen and oxygen atoms in total. The van der Waals surface area contributed by atoms with E-state index in [1.54, 1.807) is 52.0 Å². The molecule has 1 aromatic carbocycles. The van der Waals surface area contributed by atoms with E-state index in [4.69, 9.17) is 15.2 Å². The average Bonchev–Trinajstić information content (AvgIpc) is 3.25. The second kappa shape index (κ2) is 10.7. The quantitative estimate of drug-likeness (QED) is 0.313. The van der Waals surface area contributed by atoms with Crippen LogP contribution in [0, 0.1) is 0 Å². The van der Waals surface area contributed by atoms with Crippen molar-refractivity contribution in [1.29, 1.82) is 0 Å². The number of aldehydes is 1. The van der Waals surface area contributed by atoms with Crippen molar-refractivity contribution in [3.05, 3.63) is 42.2 Å². The van der Waals surface area contributed by atoms with Gasteiger partial charge >= 0.3 is 12.6 Å². The molecule has 2 aromatic heterocycles. The topological polar surface area (TPSA) is 109 Å². The molecule has 0 spiro atoms. The fraction of sp³-hybridized carbons (Fsp3) is 0.462. The Morgan fingerprint density at radius 2 is 1.89 bits per heavy atom. The van der Waals surface area contributed by atoms with E-state index in [9.17, 15) is 18.4 Å². The lowest BCUT2D eigenvalue weighted by atomic mass is 9.83. The summed E-state index contributed by atoms with van der Waals surface area (Å²) in [5.74, 6) is -0.580. The minimum atomic E-state index is -3.08. The van der Waals surface area contributed by atoms with Crippen LogP contribution >= 0.6 is 0 Å². The van der Waals surface area contributed by atoms with E-state index in [0.717, 1.165) is 12.7 Å². The summed E-state index contributed by atoms with van der Waals surface area (Å²) in [5.41, 5.74) is 5.81. The molecule has 0 bridgehead atoms. The average molecular weight is 503 g/mol. The Morgan fingerprint density at radius 3 is 2.42 bits per heavy atom. The predicted octanol–water partition coefficient (Wildman–Crippen LogP) is 4.80. The number of ether oxygens (including phenoxy) is 2. The van der Waals surface area contributed by atoms with Gasteiger partial charge in [0.2, 0.25) is 0 Å². The third-order valence-electron chi connectivity index (χ3n) is 5.93. The van der Waals surface area contributed by atoms with Crippen molar-refractivity contribution >= 4 is 23.2 Å². The summed E-state index contributed by atoms with van der Waals surface area (Å²) in [6.07, 6.45) is 5.00. The number of alkyl halides is 2. The summed E-state index contributed by atoms with van der Waals surface area (Å²) < 4.78 is 38.7. The van der Waals surface area contributed by atoms with Crippen molar-refractivity contribution in [2.45, 2.75) is 71.1 Å². The monoisotopic (exact) mass is 502 g/mol. The Bertz CT molecular complexity index is 1220. The van der Waals surface area contributed by atoms with Gasteiger partial charge < -0.3 is 20.0 Å². The number of nitrogens with zero attached hydrogens (tertiary/aromatic N) is 3. The van der Waals surface area contributed by atoms with Crippen LogP contribution in [0.5, 0.6) is 5.75 Å². The number of nitrogens with two attached hydrogens (primary N) is 1. The van der Waals surface area contributed by atoms with Crippen molar-refractivity contribution in [3.8, 4) is 17.0 Å². The summed E-state index contributed by atoms with van der Waals surface area (Å²) in [5, 5.41) is 4.60. The highest BCUT2D eigenvalue weighted by molar-refractivity contribution is 5.93. The molecule has 0 aliphatic carbocycles. The lowest BCUT2D eigenvalue weighted by Gasteiger charge is -2.30. The molecule has 2 N–H and O–H groups in total. The molecule has 36 heavy (non-hydrogen) atoms. The molecule has 2 heterocycles. The number of hydrogen-bond donors (Lipinski definition) is 1. The maximum Gasteiger partial charge on any atom is 0.387 e. The largest absolute Gasteiger partial charge is 0.459 e. The molecule has 0 saturated carbocycles. The first-order valence-electron chi connectivity index (χ1n) is 11.8. The van der Waals surface area contributed by atoms with Crippen LogP contribution in [0.2, 0.25) is 0 Å². The van der Waals surface area contributed by atoms with Gasteiger partial charge in [0.25, 0.3) is 0 Å². The third-order valence-corrected chi connectivity index (χ3v) is 5.93. The first kappa shape index (κ1) is 27.2. The second-order valence-electron chi connectivity index (χ2n) is 9.81. The normalized spacial score (nSPS) is 14.5. The number of aromatic nitrogens is 3. The number of pyridine rings is 1. The molecule has 0 aliphatic rings. The lowest BCUT2D eigenvalue weighted by Crippen LogP contribution is -2.44. The van der Waals surface area contributed by atoms with E-state index in [1.165, 1.54) is 17.1 Å². The second-order valence-corrected chi connectivity index (χ2v) is 9.81. The fourth-order valence-corrected chi connectivity index (χ4v) is 3.91. The Balaban J connectivity index is 2.06. The summed E-state index contributed by atoms with van der Waals surface area (Å²) >= 11 is 0. The third kappa shape index (κ3) is 5.53. The summed E-state index contributed by atoms with van der Waals surface area (Å²) in [6, 6.07) is 6.06. The number of fused-ring (bicyclic) bond motifs is 1. The lowest BCUT2D eigenvalue weighted by molar-refractivity contribution is -0.161. The zero-order valence-electron chi connectivity index (χ0n) is 21.1. The van der Waals surface area contributed by atoms with E-state index in [0.29, 0.717) is 34.1 Å². The van der Waals surface area contributed by atoms with Gasteiger partial charge in [-0.1, -0.05) is 19.4 Å². The fourth-order valence-electron chi connectivity index (χ4n) is 3.91. The number of carbonyl (C=O) groups excluding carboxylic acids is 2. The van der Waals surface area contributed by atoms with Gasteiger partial charge in [-0.05, 0) is 57.9 Å². The van der Waals surface area contributed by atoms with E-state index in [2.05, 4.69) is 10.1 Å². The van der Waals surface area contributed by atoms with Crippen LogP contribution in [-0.2, 0) is 19.7 Å². The van der Waals surface area contributed by atoms with Crippen LogP contribution in [0.15, 0.2) is 36.7 Å². The molecular weight excluding hydrogens is 470 g/mol. The number of benzene rings is 1. The molecule has 0 fully saturated rings. The Kier molecular flexibility index (Phi) is 8.08. The zero-order chi connectivity index (χ0) is 26.7. The molecule has 2 atom stereocenters. The molecule has 0 amide bonds. The summed E-state index contributed by atoms with van der Waals surface area (Å²) in [4.78, 5) is 28.9. The molecule has 10 heteroatoms. The Morgan fingerprint density at radius 1 is 1.17 bits per heavy atom. The summed E-state index contributed by atoms with van der Waals surface area (Å²) in [6.45, 7) is 5.83. The molecule has 3 aromatic rings. The van der Waals surface area contributed by atoms with Crippen molar-refractivity contribution in [2.24, 2.45) is 5.73 Å². The van der Waals surface area contributed by atoms with Crippen LogP contribution in [0.1, 0.15) is 59.1 Å². The minimum Gasteiger partial charge on any atom is -0.459 e. The van der Waals surface area contributed by atoms with Gasteiger partial charge in [0.15, 0.2) is 0 Å². The summed E-state index contributed by atoms with van der Waals surface area (Å²) in [7, 11) is 0. The number of esters is 1. The molecule has 0 radical (unpaired) electrons. The molecule has 0 aliphatic heterocycles. The van der Waals surface area contributed by atoms with E-state index >= 15 is 0 Å². The number of hydrogen-bond acceptors (Lipinski definition) is 7. The zero-order valence-corrected chi connectivity index (χ0v) is 21.1. The standard InChI is InChI=1S/C26H32F2N4O4/c1-6-7-17(14-33)32-21-11-9-18(22(35-24(27)28)19(21)13-31-32)20-10-8-16(12-30-20)26(5,15-29)23(34)36-25(2,3)4/h8-14,17,24H,6-7,15,29H2,1-5H3. The smallest absolute Gasteiger partial charge is 0.387 e. The molecule has 0 saturated heterocycles.